The summed E-state index contributed by atoms with van der Waals surface area (Å²) in [5, 5.41) is 6.09. The maximum atomic E-state index is 15.0. The summed E-state index contributed by atoms with van der Waals surface area (Å²) in [7, 11) is 0.131. The Morgan fingerprint density at radius 3 is 2.52 bits per heavy atom. The summed E-state index contributed by atoms with van der Waals surface area (Å²) >= 11 is 0. The molecule has 3 N–H and O–H groups in total. The number of rotatable bonds is 8. The molecule has 0 bridgehead atoms. The van der Waals surface area contributed by atoms with Crippen molar-refractivity contribution in [1.82, 2.24) is 30.1 Å². The molecule has 5 amide bonds. The molecule has 6 aliphatic rings. The second-order valence-corrected chi connectivity index (χ2v) is 20.2. The normalized spacial score (nSPS) is 30.2. The predicted octanol–water partition coefficient (Wildman–Crippen LogP) is 3.30. The van der Waals surface area contributed by atoms with Gasteiger partial charge < -0.3 is 34.6 Å². The van der Waals surface area contributed by atoms with Gasteiger partial charge in [-0.1, -0.05) is 25.0 Å². The number of nitrogens with one attached hydrogen (secondary N) is 3. The number of carbonyl (C=O) groups excluding carboxylic acids is 5. The van der Waals surface area contributed by atoms with E-state index in [1.807, 2.05) is 6.08 Å². The number of fused-ring (bicyclic) bond motifs is 5. The third-order valence-corrected chi connectivity index (χ3v) is 15.9. The van der Waals surface area contributed by atoms with E-state index in [4.69, 9.17) is 14.2 Å². The topological polar surface area (TPSA) is 203 Å². The summed E-state index contributed by atoms with van der Waals surface area (Å²) in [5.41, 5.74) is -4.22. The number of nitrogens with zero attached hydrogens (tertiary/aromatic N) is 3. The van der Waals surface area contributed by atoms with E-state index in [-0.39, 0.29) is 94.5 Å². The predicted molar refractivity (Wildman–Crippen MR) is 219 cm³/mol. The quantitative estimate of drug-likeness (QED) is 0.328. The van der Waals surface area contributed by atoms with Crippen molar-refractivity contribution < 1.29 is 59.8 Å². The maximum Gasteiger partial charge on any atom is 0.437 e. The van der Waals surface area contributed by atoms with Gasteiger partial charge in [-0.15, -0.1) is 0 Å². The lowest BCUT2D eigenvalue weighted by atomic mass is 9.87. The van der Waals surface area contributed by atoms with E-state index in [1.54, 1.807) is 19.2 Å². The minimum atomic E-state index is -4.95. The lowest BCUT2D eigenvalue weighted by Gasteiger charge is -2.37. The minimum Gasteiger partial charge on any atom is -0.497 e. The molecule has 63 heavy (non-hydrogen) atoms. The highest BCUT2D eigenvalue weighted by atomic mass is 32.2. The van der Waals surface area contributed by atoms with Crippen molar-refractivity contribution in [2.45, 2.75) is 118 Å². The average molecular weight is 903 g/mol. The summed E-state index contributed by atoms with van der Waals surface area (Å²) in [6, 6.07) is 1.95. The molecule has 342 valence electrons. The average Bonchev–Trinajstić information content (AvgIpc) is 4.15. The zero-order valence-electron chi connectivity index (χ0n) is 35.5. The lowest BCUT2D eigenvalue weighted by molar-refractivity contribution is -0.144. The fourth-order valence-electron chi connectivity index (χ4n) is 9.78. The van der Waals surface area contributed by atoms with E-state index < -0.39 is 91.1 Å². The molecular weight excluding hydrogens is 850 g/mol. The summed E-state index contributed by atoms with van der Waals surface area (Å²) in [5.74, 6) is -4.34. The SMILES string of the molecule is COCC1(S(=O)(=O)NC(=O)[C@@]23C[C@H]2/C=C\CCCCC[C@H](NC(=O)C2CCC(=O)N(C)C2)C(=O)N2C[C@@]4(CCc5c(c(C(F)(F)F)nc6ccc(OC)cc56)O4)C[C@H]2C(=O)N3)CC1. The van der Waals surface area contributed by atoms with Crippen molar-refractivity contribution in [3.63, 3.8) is 0 Å². The van der Waals surface area contributed by atoms with Crippen LogP contribution in [0, 0.1) is 11.8 Å². The van der Waals surface area contributed by atoms with Crippen LogP contribution >= 0.6 is 0 Å². The number of aryl methyl sites for hydroxylation is 1. The van der Waals surface area contributed by atoms with Gasteiger partial charge in [0.25, 0.3) is 5.91 Å². The second kappa shape index (κ2) is 16.5. The molecule has 2 aliphatic carbocycles. The molecule has 2 saturated carbocycles. The number of sulfonamides is 1. The van der Waals surface area contributed by atoms with Crippen molar-refractivity contribution in [2.24, 2.45) is 11.8 Å². The van der Waals surface area contributed by atoms with Crippen LogP contribution in [-0.4, -0.2) is 122 Å². The van der Waals surface area contributed by atoms with E-state index in [0.29, 0.717) is 36.8 Å². The Hall–Kier alpha value is -4.98. The Kier molecular flexibility index (Phi) is 11.7. The van der Waals surface area contributed by atoms with Gasteiger partial charge >= 0.3 is 6.18 Å². The fraction of sp³-hybridized carbons (Fsp3) is 0.628. The molecule has 6 atom stereocenters. The first-order valence-electron chi connectivity index (χ1n) is 21.5. The molecule has 1 unspecified atom stereocenters. The number of piperidine rings is 1. The van der Waals surface area contributed by atoms with E-state index in [1.165, 1.54) is 36.2 Å². The Balaban J connectivity index is 1.16. The highest BCUT2D eigenvalue weighted by Crippen LogP contribution is 2.51. The number of halogens is 3. The van der Waals surface area contributed by atoms with Crippen molar-refractivity contribution in [2.75, 3.05) is 41.0 Å². The largest absolute Gasteiger partial charge is 0.497 e. The number of likely N-dealkylation sites (tertiary alicyclic amines) is 1. The van der Waals surface area contributed by atoms with Gasteiger partial charge in [-0.3, -0.25) is 28.7 Å². The van der Waals surface area contributed by atoms with Gasteiger partial charge in [0.1, 0.15) is 33.7 Å². The highest BCUT2D eigenvalue weighted by Gasteiger charge is 2.64. The Morgan fingerprint density at radius 2 is 1.83 bits per heavy atom. The molecule has 5 heterocycles. The molecule has 2 saturated heterocycles. The van der Waals surface area contributed by atoms with Gasteiger partial charge in [0.15, 0.2) is 11.4 Å². The van der Waals surface area contributed by atoms with Crippen molar-refractivity contribution in [3.8, 4) is 11.5 Å². The van der Waals surface area contributed by atoms with Gasteiger partial charge in [0, 0.05) is 50.4 Å². The molecule has 4 aliphatic heterocycles. The first kappa shape index (κ1) is 44.6. The molecule has 8 rings (SSSR count). The number of carbonyl (C=O) groups is 5. The second-order valence-electron chi connectivity index (χ2n) is 18.1. The molecule has 2 aromatic rings. The number of hydrogen-bond acceptors (Lipinski definition) is 11. The lowest BCUT2D eigenvalue weighted by Crippen LogP contribution is -2.59. The fourth-order valence-corrected chi connectivity index (χ4v) is 11.3. The number of methoxy groups -OCH3 is 2. The van der Waals surface area contributed by atoms with Crippen molar-refractivity contribution in [3.05, 3.63) is 41.6 Å². The Bertz CT molecular complexity index is 2360. The number of allylic oxidation sites excluding steroid dienone is 1. The van der Waals surface area contributed by atoms with Gasteiger partial charge in [0.2, 0.25) is 33.7 Å². The summed E-state index contributed by atoms with van der Waals surface area (Å²) in [4.78, 5) is 76.6. The number of pyridine rings is 1. The molecule has 4 fully saturated rings. The number of aromatic nitrogens is 1. The zero-order chi connectivity index (χ0) is 45.1. The van der Waals surface area contributed by atoms with Crippen LogP contribution in [-0.2, 0) is 51.3 Å². The number of hydrogen-bond donors (Lipinski definition) is 3. The Labute approximate surface area is 363 Å². The van der Waals surface area contributed by atoms with Crippen LogP contribution in [0.25, 0.3) is 10.9 Å². The van der Waals surface area contributed by atoms with Gasteiger partial charge in [-0.05, 0) is 76.0 Å². The zero-order valence-corrected chi connectivity index (χ0v) is 36.3. The first-order valence-corrected chi connectivity index (χ1v) is 23.0. The van der Waals surface area contributed by atoms with Crippen LogP contribution in [0.4, 0.5) is 13.2 Å². The van der Waals surface area contributed by atoms with Crippen LogP contribution in [0.3, 0.4) is 0 Å². The third-order valence-electron chi connectivity index (χ3n) is 13.8. The molecule has 1 spiro atoms. The van der Waals surface area contributed by atoms with Gasteiger partial charge in [-0.2, -0.15) is 13.2 Å². The number of amides is 5. The summed E-state index contributed by atoms with van der Waals surface area (Å²) in [6.45, 7) is -0.335. The van der Waals surface area contributed by atoms with Gasteiger partial charge in [0.05, 0.1) is 31.7 Å². The van der Waals surface area contributed by atoms with Crippen LogP contribution in [0.1, 0.15) is 88.3 Å². The summed E-state index contributed by atoms with van der Waals surface area (Å²) < 4.78 is 89.5. The van der Waals surface area contributed by atoms with Crippen LogP contribution < -0.4 is 24.8 Å². The van der Waals surface area contributed by atoms with Crippen LogP contribution in [0.15, 0.2) is 30.4 Å². The molecule has 1 aromatic carbocycles. The summed E-state index contributed by atoms with van der Waals surface area (Å²) in [6.07, 6.45) is 2.18. The van der Waals surface area contributed by atoms with Crippen LogP contribution in [0.5, 0.6) is 11.5 Å². The monoisotopic (exact) mass is 902 g/mol. The standard InChI is InChI=1S/C43H53F3N6O10S/c1-51-22-25(11-14-33(51)53)36(54)48-31-10-8-6-4-5-7-9-26-20-42(26,39(57)50-63(58,59)41(17-18-41)24-60-2)49-37(55)32-21-40(23-52(32)38(31)56)16-15-28-29-19-27(61-3)12-13-30(29)47-35(34(28)62-40)43(44,45)46/h7,9,12-13,19,25-26,31-32H,4-6,8,10-11,14-18,20-24H2,1-3H3,(H,48,54)(H,49,55)(H,50,57)/b9-7-/t25?,26-,31+,32+,40-,42-/m1/s1. The number of ether oxygens (including phenoxy) is 3. The molecule has 20 heteroatoms. The maximum absolute atomic E-state index is 15.0. The molecule has 16 nitrogen and oxygen atoms in total. The molecule has 0 radical (unpaired) electrons. The van der Waals surface area contributed by atoms with Gasteiger partial charge in [-0.25, -0.2) is 13.4 Å². The van der Waals surface area contributed by atoms with E-state index in [0.717, 1.165) is 0 Å². The van der Waals surface area contributed by atoms with Crippen LogP contribution in [0.2, 0.25) is 0 Å². The molecule has 1 aromatic heterocycles. The Morgan fingerprint density at radius 1 is 1.05 bits per heavy atom. The van der Waals surface area contributed by atoms with E-state index >= 15 is 0 Å². The van der Waals surface area contributed by atoms with Crippen molar-refractivity contribution in [1.29, 1.82) is 0 Å². The first-order chi connectivity index (χ1) is 29.8. The number of benzene rings is 1. The molecular formula is C43H53F3N6O10S. The smallest absolute Gasteiger partial charge is 0.437 e. The van der Waals surface area contributed by atoms with E-state index in [9.17, 15) is 45.6 Å². The third kappa shape index (κ3) is 8.44. The highest BCUT2D eigenvalue weighted by molar-refractivity contribution is 7.91. The van der Waals surface area contributed by atoms with Crippen molar-refractivity contribution >= 4 is 50.5 Å². The van der Waals surface area contributed by atoms with E-state index in [2.05, 4.69) is 20.3 Å². The minimum absolute atomic E-state index is 0.0509. The number of alkyl halides is 3.